The van der Waals surface area contributed by atoms with Crippen LogP contribution in [0.2, 0.25) is 0 Å². The predicted molar refractivity (Wildman–Crippen MR) is 52.2 cm³/mol. The predicted octanol–water partition coefficient (Wildman–Crippen LogP) is 2.69. The maximum absolute atomic E-state index is 13.0. The molecule has 0 saturated heterocycles. The number of benzene rings is 1. The summed E-state index contributed by atoms with van der Waals surface area (Å²) in [5.41, 5.74) is -0.174. The van der Waals surface area contributed by atoms with Gasteiger partial charge in [0.2, 0.25) is 0 Å². The second kappa shape index (κ2) is 4.41. The van der Waals surface area contributed by atoms with E-state index >= 15 is 0 Å². The number of rotatable bonds is 3. The third kappa shape index (κ3) is 2.23. The standard InChI is InChI=1S/C9H8BrFO3/c1-2-14-8-4-6(10)7(11)3-5(8)9(12)13/h3-4H,2H2,1H3,(H,12,13). The van der Waals surface area contributed by atoms with E-state index in [1.807, 2.05) is 0 Å². The molecule has 0 saturated carbocycles. The fourth-order valence-electron chi connectivity index (χ4n) is 0.971. The second-order valence-electron chi connectivity index (χ2n) is 2.50. The number of hydrogen-bond acceptors (Lipinski definition) is 2. The molecule has 1 rings (SSSR count). The van der Waals surface area contributed by atoms with Crippen LogP contribution in [0.4, 0.5) is 4.39 Å². The maximum Gasteiger partial charge on any atom is 0.339 e. The zero-order valence-corrected chi connectivity index (χ0v) is 8.97. The topological polar surface area (TPSA) is 46.5 Å². The molecule has 0 bridgehead atoms. The van der Waals surface area contributed by atoms with Gasteiger partial charge >= 0.3 is 5.97 Å². The van der Waals surface area contributed by atoms with E-state index in [4.69, 9.17) is 9.84 Å². The fourth-order valence-corrected chi connectivity index (χ4v) is 1.29. The smallest absolute Gasteiger partial charge is 0.339 e. The molecule has 0 spiro atoms. The lowest BCUT2D eigenvalue weighted by Gasteiger charge is -2.07. The zero-order chi connectivity index (χ0) is 10.7. The first kappa shape index (κ1) is 11.0. The molecule has 1 aromatic carbocycles. The molecule has 0 heterocycles. The van der Waals surface area contributed by atoms with E-state index in [-0.39, 0.29) is 15.8 Å². The minimum absolute atomic E-state index is 0.160. The molecule has 0 aliphatic heterocycles. The first-order chi connectivity index (χ1) is 6.56. The van der Waals surface area contributed by atoms with Gasteiger partial charge in [-0.3, -0.25) is 0 Å². The molecule has 0 aliphatic rings. The molecule has 0 atom stereocenters. The molecule has 0 aliphatic carbocycles. The van der Waals surface area contributed by atoms with Gasteiger partial charge in [-0.05, 0) is 35.0 Å². The summed E-state index contributed by atoms with van der Waals surface area (Å²) in [7, 11) is 0. The molecule has 1 aromatic rings. The summed E-state index contributed by atoms with van der Waals surface area (Å²) >= 11 is 2.95. The van der Waals surface area contributed by atoms with Gasteiger partial charge in [-0.25, -0.2) is 9.18 Å². The van der Waals surface area contributed by atoms with Gasteiger partial charge in [-0.1, -0.05) is 0 Å². The van der Waals surface area contributed by atoms with Crippen LogP contribution in [-0.2, 0) is 0 Å². The van der Waals surface area contributed by atoms with Crippen molar-refractivity contribution in [2.75, 3.05) is 6.61 Å². The molecule has 0 amide bonds. The lowest BCUT2D eigenvalue weighted by Crippen LogP contribution is -2.03. The van der Waals surface area contributed by atoms with Gasteiger partial charge in [-0.15, -0.1) is 0 Å². The minimum atomic E-state index is -1.21. The number of carboxylic acid groups (broad SMARTS) is 1. The van der Waals surface area contributed by atoms with E-state index in [1.165, 1.54) is 6.07 Å². The van der Waals surface area contributed by atoms with Gasteiger partial charge < -0.3 is 9.84 Å². The Bertz CT molecular complexity index is 365. The van der Waals surface area contributed by atoms with Crippen molar-refractivity contribution in [3.05, 3.63) is 28.0 Å². The minimum Gasteiger partial charge on any atom is -0.493 e. The first-order valence-electron chi connectivity index (χ1n) is 3.91. The van der Waals surface area contributed by atoms with Crippen molar-refractivity contribution in [1.29, 1.82) is 0 Å². The van der Waals surface area contributed by atoms with Crippen LogP contribution in [-0.4, -0.2) is 17.7 Å². The van der Waals surface area contributed by atoms with E-state index in [9.17, 15) is 9.18 Å². The molecule has 14 heavy (non-hydrogen) atoms. The molecular formula is C9H8BrFO3. The zero-order valence-electron chi connectivity index (χ0n) is 7.38. The molecular weight excluding hydrogens is 255 g/mol. The van der Waals surface area contributed by atoms with Crippen molar-refractivity contribution in [1.82, 2.24) is 0 Å². The van der Waals surface area contributed by atoms with Crippen LogP contribution in [0.1, 0.15) is 17.3 Å². The Labute approximate surface area is 88.6 Å². The number of carbonyl (C=O) groups is 1. The van der Waals surface area contributed by atoms with Crippen LogP contribution in [0.5, 0.6) is 5.75 Å². The Morgan fingerprint density at radius 3 is 2.79 bits per heavy atom. The highest BCUT2D eigenvalue weighted by atomic mass is 79.9. The Morgan fingerprint density at radius 1 is 1.64 bits per heavy atom. The molecule has 5 heteroatoms. The van der Waals surface area contributed by atoms with Crippen molar-refractivity contribution in [2.45, 2.75) is 6.92 Å². The number of halogens is 2. The molecule has 0 radical (unpaired) electrons. The Kier molecular flexibility index (Phi) is 3.46. The van der Waals surface area contributed by atoms with Crippen molar-refractivity contribution in [3.63, 3.8) is 0 Å². The third-order valence-electron chi connectivity index (χ3n) is 1.55. The van der Waals surface area contributed by atoms with E-state index in [1.54, 1.807) is 6.92 Å². The van der Waals surface area contributed by atoms with E-state index in [0.717, 1.165) is 6.07 Å². The van der Waals surface area contributed by atoms with Gasteiger partial charge in [-0.2, -0.15) is 0 Å². The van der Waals surface area contributed by atoms with Crippen molar-refractivity contribution in [2.24, 2.45) is 0 Å². The molecule has 0 aromatic heterocycles. The second-order valence-corrected chi connectivity index (χ2v) is 3.35. The van der Waals surface area contributed by atoms with Gasteiger partial charge in [0.25, 0.3) is 0 Å². The van der Waals surface area contributed by atoms with Crippen molar-refractivity contribution >= 4 is 21.9 Å². The quantitative estimate of drug-likeness (QED) is 0.911. The highest BCUT2D eigenvalue weighted by molar-refractivity contribution is 9.10. The van der Waals surface area contributed by atoms with Crippen molar-refractivity contribution in [3.8, 4) is 5.75 Å². The largest absolute Gasteiger partial charge is 0.493 e. The SMILES string of the molecule is CCOc1cc(Br)c(F)cc1C(=O)O. The monoisotopic (exact) mass is 262 g/mol. The summed E-state index contributed by atoms with van der Waals surface area (Å²) < 4.78 is 18.2. The number of ether oxygens (including phenoxy) is 1. The normalized spacial score (nSPS) is 9.93. The average molecular weight is 263 g/mol. The highest BCUT2D eigenvalue weighted by Gasteiger charge is 2.14. The van der Waals surface area contributed by atoms with Crippen LogP contribution in [0, 0.1) is 5.82 Å². The summed E-state index contributed by atoms with van der Waals surface area (Å²) in [6, 6.07) is 2.24. The molecule has 3 nitrogen and oxygen atoms in total. The van der Waals surface area contributed by atoms with Gasteiger partial charge in [0.15, 0.2) is 0 Å². The van der Waals surface area contributed by atoms with Crippen LogP contribution in [0.3, 0.4) is 0 Å². The molecule has 1 N–H and O–H groups in total. The van der Waals surface area contributed by atoms with Crippen LogP contribution < -0.4 is 4.74 Å². The number of aromatic carboxylic acids is 1. The Balaban J connectivity index is 3.24. The van der Waals surface area contributed by atoms with Crippen molar-refractivity contribution < 1.29 is 19.0 Å². The average Bonchev–Trinajstić information content (AvgIpc) is 2.11. The van der Waals surface area contributed by atoms with Gasteiger partial charge in [0.1, 0.15) is 17.1 Å². The summed E-state index contributed by atoms with van der Waals surface area (Å²) in [5.74, 6) is -1.67. The molecule has 0 fully saturated rings. The van der Waals surface area contributed by atoms with Gasteiger partial charge in [0, 0.05) is 0 Å². The Morgan fingerprint density at radius 2 is 2.29 bits per heavy atom. The summed E-state index contributed by atoms with van der Waals surface area (Å²) in [6.07, 6.45) is 0. The molecule has 0 unspecified atom stereocenters. The summed E-state index contributed by atoms with van der Waals surface area (Å²) in [5, 5.41) is 8.75. The molecule has 76 valence electrons. The lowest BCUT2D eigenvalue weighted by atomic mass is 10.2. The van der Waals surface area contributed by atoms with E-state index < -0.39 is 11.8 Å². The van der Waals surface area contributed by atoms with E-state index in [2.05, 4.69) is 15.9 Å². The van der Waals surface area contributed by atoms with E-state index in [0.29, 0.717) is 6.61 Å². The summed E-state index contributed by atoms with van der Waals surface area (Å²) in [6.45, 7) is 2.06. The highest BCUT2D eigenvalue weighted by Crippen LogP contribution is 2.26. The number of hydrogen-bond donors (Lipinski definition) is 1. The van der Waals surface area contributed by atoms with Crippen LogP contribution in [0.15, 0.2) is 16.6 Å². The maximum atomic E-state index is 13.0. The van der Waals surface area contributed by atoms with Crippen LogP contribution in [0.25, 0.3) is 0 Å². The summed E-state index contributed by atoms with van der Waals surface area (Å²) in [4.78, 5) is 10.7. The Hall–Kier alpha value is -1.10. The van der Waals surface area contributed by atoms with Gasteiger partial charge in [0.05, 0.1) is 11.1 Å². The third-order valence-corrected chi connectivity index (χ3v) is 2.16. The fraction of sp³-hybridized carbons (Fsp3) is 0.222. The van der Waals surface area contributed by atoms with Crippen LogP contribution >= 0.6 is 15.9 Å². The number of carboxylic acids is 1. The first-order valence-corrected chi connectivity index (χ1v) is 4.70. The lowest BCUT2D eigenvalue weighted by molar-refractivity contribution is 0.0692.